The number of halogens is 2. The van der Waals surface area contributed by atoms with Crippen molar-refractivity contribution in [1.82, 2.24) is 19.9 Å². The highest BCUT2D eigenvalue weighted by Gasteiger charge is 2.18. The van der Waals surface area contributed by atoms with E-state index in [9.17, 15) is 4.39 Å². The summed E-state index contributed by atoms with van der Waals surface area (Å²) in [5.74, 6) is 0.722. The van der Waals surface area contributed by atoms with Gasteiger partial charge in [0.2, 0.25) is 0 Å². The summed E-state index contributed by atoms with van der Waals surface area (Å²) in [6, 6.07) is 21.0. The van der Waals surface area contributed by atoms with Gasteiger partial charge in [0.25, 0.3) is 0 Å². The minimum absolute atomic E-state index is 0.301. The van der Waals surface area contributed by atoms with Crippen LogP contribution >= 0.6 is 11.6 Å². The molecule has 7 heteroatoms. The molecular formula is C27H25ClFN5. The highest BCUT2D eigenvalue weighted by molar-refractivity contribution is 6.35. The molecule has 5 rings (SSSR count). The molecule has 5 nitrogen and oxygen atoms in total. The number of benzene rings is 3. The summed E-state index contributed by atoms with van der Waals surface area (Å²) in [4.78, 5) is 9.50. The Bertz CT molecular complexity index is 1450. The number of anilines is 1. The van der Waals surface area contributed by atoms with Crippen molar-refractivity contribution < 1.29 is 4.39 Å². The number of hydrogen-bond acceptors (Lipinski definition) is 4. The molecular weight excluding hydrogens is 449 g/mol. The van der Waals surface area contributed by atoms with Crippen LogP contribution < -0.4 is 10.6 Å². The maximum atomic E-state index is 14.8. The van der Waals surface area contributed by atoms with Crippen LogP contribution in [0.5, 0.6) is 0 Å². The molecule has 0 saturated carbocycles. The summed E-state index contributed by atoms with van der Waals surface area (Å²) in [5.41, 5.74) is 3.18. The van der Waals surface area contributed by atoms with Crippen LogP contribution in [0.2, 0.25) is 5.02 Å². The molecule has 0 bridgehead atoms. The van der Waals surface area contributed by atoms with Gasteiger partial charge in [0, 0.05) is 35.6 Å². The topological polar surface area (TPSA) is 54.8 Å². The van der Waals surface area contributed by atoms with E-state index in [2.05, 4.69) is 32.3 Å². The molecule has 0 aliphatic heterocycles. The van der Waals surface area contributed by atoms with Gasteiger partial charge in [-0.1, -0.05) is 60.1 Å². The summed E-state index contributed by atoms with van der Waals surface area (Å²) in [6.45, 7) is 2.24. The van der Waals surface area contributed by atoms with Crippen molar-refractivity contribution in [2.45, 2.75) is 13.0 Å². The number of hydrogen-bond donors (Lipinski definition) is 2. The van der Waals surface area contributed by atoms with E-state index in [0.29, 0.717) is 40.7 Å². The smallest absolute Gasteiger partial charge is 0.164 e. The minimum Gasteiger partial charge on any atom is -0.369 e. The highest BCUT2D eigenvalue weighted by Crippen LogP contribution is 2.35. The van der Waals surface area contributed by atoms with Crippen LogP contribution in [0.4, 0.5) is 10.2 Å². The first kappa shape index (κ1) is 22.3. The Morgan fingerprint density at radius 1 is 0.912 bits per heavy atom. The average Bonchev–Trinajstić information content (AvgIpc) is 3.22. The third-order valence-corrected chi connectivity index (χ3v) is 6.16. The average molecular weight is 474 g/mol. The van der Waals surface area contributed by atoms with E-state index in [4.69, 9.17) is 16.6 Å². The molecule has 0 aliphatic carbocycles. The molecule has 0 fully saturated rings. The predicted octanol–water partition coefficient (Wildman–Crippen LogP) is 6.11. The first-order chi connectivity index (χ1) is 16.7. The van der Waals surface area contributed by atoms with E-state index in [1.807, 2.05) is 55.7 Å². The molecule has 0 amide bonds. The standard InChI is InChI=1S/C27H25ClFN5/c1-30-14-7-15-31-26-20-11-6-13-23(29)24(20)32-27(33-26)21-17-34(16-18-8-3-2-4-9-18)25-19(21)10-5-12-22(25)28/h2-6,8-13,17,30H,7,14-16H2,1H3,(H,31,32,33). The van der Waals surface area contributed by atoms with E-state index in [0.717, 1.165) is 35.0 Å². The molecule has 34 heavy (non-hydrogen) atoms. The molecule has 5 aromatic rings. The summed E-state index contributed by atoms with van der Waals surface area (Å²) in [7, 11) is 1.92. The quantitative estimate of drug-likeness (QED) is 0.267. The fourth-order valence-corrected chi connectivity index (χ4v) is 4.52. The summed E-state index contributed by atoms with van der Waals surface area (Å²) < 4.78 is 16.9. The normalized spacial score (nSPS) is 11.4. The largest absolute Gasteiger partial charge is 0.369 e. The molecule has 0 atom stereocenters. The second kappa shape index (κ2) is 9.79. The van der Waals surface area contributed by atoms with Gasteiger partial charge < -0.3 is 15.2 Å². The number of para-hydroxylation sites is 2. The molecule has 2 aromatic heterocycles. The van der Waals surface area contributed by atoms with E-state index < -0.39 is 0 Å². The number of fused-ring (bicyclic) bond motifs is 2. The fraction of sp³-hybridized carbons (Fsp3) is 0.185. The molecule has 172 valence electrons. The predicted molar refractivity (Wildman–Crippen MR) is 138 cm³/mol. The Morgan fingerprint density at radius 2 is 1.71 bits per heavy atom. The second-order valence-corrected chi connectivity index (χ2v) is 8.62. The zero-order chi connectivity index (χ0) is 23.5. The van der Waals surface area contributed by atoms with Gasteiger partial charge >= 0.3 is 0 Å². The lowest BCUT2D eigenvalue weighted by Gasteiger charge is -2.11. The van der Waals surface area contributed by atoms with Gasteiger partial charge in [0.1, 0.15) is 17.2 Å². The monoisotopic (exact) mass is 473 g/mol. The van der Waals surface area contributed by atoms with Gasteiger partial charge in [-0.2, -0.15) is 0 Å². The molecule has 2 heterocycles. The maximum absolute atomic E-state index is 14.8. The minimum atomic E-state index is -0.370. The van der Waals surface area contributed by atoms with Crippen LogP contribution in [-0.4, -0.2) is 34.7 Å². The van der Waals surface area contributed by atoms with E-state index in [1.54, 1.807) is 6.07 Å². The Balaban J connectivity index is 1.66. The van der Waals surface area contributed by atoms with Gasteiger partial charge in [-0.3, -0.25) is 0 Å². The molecule has 0 saturated heterocycles. The Morgan fingerprint density at radius 3 is 2.53 bits per heavy atom. The second-order valence-electron chi connectivity index (χ2n) is 8.21. The van der Waals surface area contributed by atoms with E-state index in [1.165, 1.54) is 6.07 Å². The maximum Gasteiger partial charge on any atom is 0.164 e. The molecule has 3 aromatic carbocycles. The van der Waals surface area contributed by atoms with Crippen molar-refractivity contribution in [1.29, 1.82) is 0 Å². The summed E-state index contributed by atoms with van der Waals surface area (Å²) >= 11 is 6.64. The van der Waals surface area contributed by atoms with Gasteiger partial charge in [0.05, 0.1) is 10.5 Å². The van der Waals surface area contributed by atoms with Crippen molar-refractivity contribution in [3.8, 4) is 11.4 Å². The van der Waals surface area contributed by atoms with Crippen molar-refractivity contribution in [3.05, 3.63) is 89.3 Å². The number of aromatic nitrogens is 3. The molecule has 0 unspecified atom stereocenters. The van der Waals surface area contributed by atoms with Crippen molar-refractivity contribution in [3.63, 3.8) is 0 Å². The Kier molecular flexibility index (Phi) is 6.43. The third kappa shape index (κ3) is 4.34. The van der Waals surface area contributed by atoms with Crippen molar-refractivity contribution in [2.24, 2.45) is 0 Å². The van der Waals surface area contributed by atoms with Gasteiger partial charge in [-0.25, -0.2) is 14.4 Å². The molecule has 0 aliphatic rings. The van der Waals surface area contributed by atoms with Crippen LogP contribution in [0.25, 0.3) is 33.2 Å². The molecule has 2 N–H and O–H groups in total. The lowest BCUT2D eigenvalue weighted by Crippen LogP contribution is -2.14. The summed E-state index contributed by atoms with van der Waals surface area (Å²) in [5, 5.41) is 8.76. The lowest BCUT2D eigenvalue weighted by atomic mass is 10.1. The number of rotatable bonds is 8. The number of nitrogens with zero attached hydrogens (tertiary/aromatic N) is 3. The molecule has 0 spiro atoms. The van der Waals surface area contributed by atoms with Gasteiger partial charge in [0.15, 0.2) is 5.82 Å². The van der Waals surface area contributed by atoms with Crippen LogP contribution in [0.3, 0.4) is 0 Å². The van der Waals surface area contributed by atoms with Crippen LogP contribution in [0, 0.1) is 5.82 Å². The number of nitrogens with one attached hydrogen (secondary N) is 2. The first-order valence-electron chi connectivity index (χ1n) is 11.3. The SMILES string of the molecule is CNCCCNc1nc(-c2cn(Cc3ccccc3)c3c(Cl)cccc23)nc2c(F)cccc12. The first-order valence-corrected chi connectivity index (χ1v) is 11.7. The van der Waals surface area contributed by atoms with Gasteiger partial charge in [-0.05, 0) is 43.8 Å². The van der Waals surface area contributed by atoms with Crippen LogP contribution in [0.15, 0.2) is 72.9 Å². The van der Waals surface area contributed by atoms with Crippen molar-refractivity contribution in [2.75, 3.05) is 25.5 Å². The summed E-state index contributed by atoms with van der Waals surface area (Å²) in [6.07, 6.45) is 2.93. The molecule has 0 radical (unpaired) electrons. The van der Waals surface area contributed by atoms with Crippen LogP contribution in [-0.2, 0) is 6.54 Å². The zero-order valence-corrected chi connectivity index (χ0v) is 19.6. The third-order valence-electron chi connectivity index (χ3n) is 5.86. The van der Waals surface area contributed by atoms with E-state index in [-0.39, 0.29) is 5.82 Å². The highest BCUT2D eigenvalue weighted by atomic mass is 35.5. The Labute approximate surface area is 202 Å². The van der Waals surface area contributed by atoms with Gasteiger partial charge in [-0.15, -0.1) is 0 Å². The lowest BCUT2D eigenvalue weighted by molar-refractivity contribution is 0.636. The zero-order valence-electron chi connectivity index (χ0n) is 18.9. The van der Waals surface area contributed by atoms with Crippen molar-refractivity contribution >= 4 is 39.2 Å². The van der Waals surface area contributed by atoms with Crippen LogP contribution in [0.1, 0.15) is 12.0 Å². The van der Waals surface area contributed by atoms with E-state index >= 15 is 0 Å². The fourth-order valence-electron chi connectivity index (χ4n) is 4.24. The Hall–Kier alpha value is -3.48.